The molecule has 116 valence electrons. The van der Waals surface area contributed by atoms with Crippen molar-refractivity contribution in [2.75, 3.05) is 7.11 Å². The topological polar surface area (TPSA) is 96.0 Å². The fourth-order valence-electron chi connectivity index (χ4n) is 2.31. The normalized spacial score (nSPS) is 10.5. The molecule has 1 aromatic heterocycles. The molecule has 0 amide bonds. The molecule has 1 heterocycles. The lowest BCUT2D eigenvalue weighted by molar-refractivity contribution is -0.384. The molecule has 8 heteroatoms. The molecule has 0 aliphatic carbocycles. The van der Waals surface area contributed by atoms with Crippen molar-refractivity contribution >= 4 is 5.69 Å². The minimum atomic E-state index is -0.473. The Hall–Kier alpha value is -3.29. The van der Waals surface area contributed by atoms with Crippen LogP contribution in [0.2, 0.25) is 0 Å². The second kappa shape index (κ2) is 6.22. The van der Waals surface area contributed by atoms with E-state index in [0.29, 0.717) is 12.3 Å². The van der Waals surface area contributed by atoms with Crippen molar-refractivity contribution in [3.05, 3.63) is 64.2 Å². The third kappa shape index (κ3) is 2.86. The van der Waals surface area contributed by atoms with E-state index in [0.717, 1.165) is 5.56 Å². The predicted octanol–water partition coefficient (Wildman–Crippen LogP) is 2.31. The van der Waals surface area contributed by atoms with Gasteiger partial charge in [-0.05, 0) is 22.1 Å². The quantitative estimate of drug-likeness (QED) is 0.530. The fourth-order valence-corrected chi connectivity index (χ4v) is 2.31. The zero-order valence-electron chi connectivity index (χ0n) is 12.3. The minimum Gasteiger partial charge on any atom is -0.496 e. The van der Waals surface area contributed by atoms with Crippen LogP contribution in [0.3, 0.4) is 0 Å². The molecule has 0 radical (unpaired) electrons. The van der Waals surface area contributed by atoms with Crippen LogP contribution in [0.1, 0.15) is 5.56 Å². The van der Waals surface area contributed by atoms with Gasteiger partial charge in [0, 0.05) is 6.07 Å². The number of hydrogen-bond acceptors (Lipinski definition) is 6. The Balaban J connectivity index is 2.10. The van der Waals surface area contributed by atoms with E-state index in [9.17, 15) is 10.1 Å². The molecule has 0 atom stereocenters. The lowest BCUT2D eigenvalue weighted by Gasteiger charge is -2.09. The summed E-state index contributed by atoms with van der Waals surface area (Å²) in [5.41, 5.74) is 1.15. The van der Waals surface area contributed by atoms with Crippen LogP contribution in [0.15, 0.2) is 48.5 Å². The molecule has 0 spiro atoms. The van der Waals surface area contributed by atoms with Crippen molar-refractivity contribution in [1.29, 1.82) is 0 Å². The van der Waals surface area contributed by atoms with Crippen molar-refractivity contribution < 1.29 is 9.66 Å². The zero-order chi connectivity index (χ0) is 16.2. The molecule has 0 fully saturated rings. The number of methoxy groups -OCH3 is 1. The first kappa shape index (κ1) is 14.6. The van der Waals surface area contributed by atoms with E-state index in [4.69, 9.17) is 4.74 Å². The van der Waals surface area contributed by atoms with Gasteiger partial charge in [0.1, 0.15) is 11.3 Å². The van der Waals surface area contributed by atoms with E-state index < -0.39 is 4.92 Å². The summed E-state index contributed by atoms with van der Waals surface area (Å²) in [5, 5.41) is 22.9. The smallest absolute Gasteiger partial charge is 0.284 e. The number of aromatic nitrogens is 4. The number of tetrazole rings is 1. The Kier molecular flexibility index (Phi) is 3.96. The summed E-state index contributed by atoms with van der Waals surface area (Å²) in [6.07, 6.45) is 0. The number of nitrogens with zero attached hydrogens (tertiary/aromatic N) is 5. The van der Waals surface area contributed by atoms with Crippen LogP contribution in [-0.4, -0.2) is 32.2 Å². The first-order valence-electron chi connectivity index (χ1n) is 6.82. The Labute approximate surface area is 131 Å². The average molecular weight is 311 g/mol. The van der Waals surface area contributed by atoms with Gasteiger partial charge in [-0.1, -0.05) is 36.4 Å². The molecule has 2 aromatic carbocycles. The van der Waals surface area contributed by atoms with E-state index in [-0.39, 0.29) is 17.1 Å². The van der Waals surface area contributed by atoms with E-state index in [1.807, 2.05) is 30.3 Å². The third-order valence-corrected chi connectivity index (χ3v) is 3.35. The van der Waals surface area contributed by atoms with Gasteiger partial charge < -0.3 is 4.74 Å². The van der Waals surface area contributed by atoms with Crippen molar-refractivity contribution in [2.24, 2.45) is 0 Å². The van der Waals surface area contributed by atoms with Gasteiger partial charge >= 0.3 is 0 Å². The Morgan fingerprint density at radius 1 is 1.17 bits per heavy atom. The van der Waals surface area contributed by atoms with E-state index >= 15 is 0 Å². The molecule has 8 nitrogen and oxygen atoms in total. The molecule has 0 N–H and O–H groups in total. The second-order valence-electron chi connectivity index (χ2n) is 4.76. The number of nitro groups is 1. The first-order chi connectivity index (χ1) is 11.2. The maximum absolute atomic E-state index is 11.3. The molecule has 0 saturated carbocycles. The molecule has 0 aliphatic heterocycles. The van der Waals surface area contributed by atoms with Crippen molar-refractivity contribution in [1.82, 2.24) is 20.2 Å². The van der Waals surface area contributed by atoms with Gasteiger partial charge in [0.05, 0.1) is 18.6 Å². The monoisotopic (exact) mass is 311 g/mol. The van der Waals surface area contributed by atoms with Gasteiger partial charge in [-0.3, -0.25) is 10.1 Å². The molecule has 0 bridgehead atoms. The number of rotatable bonds is 5. The highest BCUT2D eigenvalue weighted by Crippen LogP contribution is 2.36. The Morgan fingerprint density at radius 2 is 1.96 bits per heavy atom. The number of benzene rings is 2. The summed E-state index contributed by atoms with van der Waals surface area (Å²) < 4.78 is 6.77. The Bertz CT molecular complexity index is 832. The third-order valence-electron chi connectivity index (χ3n) is 3.35. The zero-order valence-corrected chi connectivity index (χ0v) is 12.3. The van der Waals surface area contributed by atoms with Gasteiger partial charge in [0.2, 0.25) is 0 Å². The summed E-state index contributed by atoms with van der Waals surface area (Å²) in [7, 11) is 1.45. The van der Waals surface area contributed by atoms with Crippen LogP contribution in [0, 0.1) is 10.1 Å². The van der Waals surface area contributed by atoms with Crippen LogP contribution in [0.25, 0.3) is 11.4 Å². The van der Waals surface area contributed by atoms with E-state index in [2.05, 4.69) is 15.5 Å². The van der Waals surface area contributed by atoms with Crippen molar-refractivity contribution in [2.45, 2.75) is 6.54 Å². The molecule has 23 heavy (non-hydrogen) atoms. The standard InChI is InChI=1S/C15H13N5O3/c1-23-13-9-5-8-12(20(21)22)14(13)15-16-17-18-19(15)10-11-6-3-2-4-7-11/h2-9H,10H2,1H3. The number of nitro benzene ring substituents is 1. The molecule has 0 unspecified atom stereocenters. The van der Waals surface area contributed by atoms with Gasteiger partial charge in [-0.25, -0.2) is 4.68 Å². The van der Waals surface area contributed by atoms with Gasteiger partial charge in [0.15, 0.2) is 5.82 Å². The lowest BCUT2D eigenvalue weighted by atomic mass is 10.1. The van der Waals surface area contributed by atoms with Gasteiger partial charge in [-0.15, -0.1) is 5.10 Å². The maximum atomic E-state index is 11.3. The molecular formula is C15H13N5O3. The van der Waals surface area contributed by atoms with Crippen LogP contribution in [0.4, 0.5) is 5.69 Å². The van der Waals surface area contributed by atoms with Crippen molar-refractivity contribution in [3.8, 4) is 17.1 Å². The molecular weight excluding hydrogens is 298 g/mol. The highest BCUT2D eigenvalue weighted by molar-refractivity contribution is 5.75. The highest BCUT2D eigenvalue weighted by atomic mass is 16.6. The first-order valence-corrected chi connectivity index (χ1v) is 6.82. The molecule has 0 aliphatic rings. The Morgan fingerprint density at radius 3 is 2.65 bits per heavy atom. The van der Waals surface area contributed by atoms with E-state index in [1.54, 1.807) is 12.1 Å². The molecule has 3 rings (SSSR count). The summed E-state index contributed by atoms with van der Waals surface area (Å²) in [6, 6.07) is 14.2. The molecule has 3 aromatic rings. The summed E-state index contributed by atoms with van der Waals surface area (Å²) in [4.78, 5) is 10.9. The van der Waals surface area contributed by atoms with Crippen LogP contribution >= 0.6 is 0 Å². The van der Waals surface area contributed by atoms with Crippen LogP contribution < -0.4 is 4.74 Å². The minimum absolute atomic E-state index is 0.103. The highest BCUT2D eigenvalue weighted by Gasteiger charge is 2.25. The maximum Gasteiger partial charge on any atom is 0.284 e. The average Bonchev–Trinajstić information content (AvgIpc) is 3.02. The predicted molar refractivity (Wildman–Crippen MR) is 82.0 cm³/mol. The van der Waals surface area contributed by atoms with Crippen LogP contribution in [-0.2, 0) is 6.54 Å². The second-order valence-corrected chi connectivity index (χ2v) is 4.76. The lowest BCUT2D eigenvalue weighted by Crippen LogP contribution is -2.06. The van der Waals surface area contributed by atoms with E-state index in [1.165, 1.54) is 17.9 Å². The van der Waals surface area contributed by atoms with Gasteiger partial charge in [-0.2, -0.15) is 0 Å². The SMILES string of the molecule is COc1cccc([N+](=O)[O-])c1-c1nnnn1Cc1ccccc1. The summed E-state index contributed by atoms with van der Waals surface area (Å²) in [5.74, 6) is 0.640. The van der Waals surface area contributed by atoms with Crippen molar-refractivity contribution in [3.63, 3.8) is 0 Å². The summed E-state index contributed by atoms with van der Waals surface area (Å²) >= 11 is 0. The fraction of sp³-hybridized carbons (Fsp3) is 0.133. The number of hydrogen-bond donors (Lipinski definition) is 0. The largest absolute Gasteiger partial charge is 0.496 e. The van der Waals surface area contributed by atoms with Crippen LogP contribution in [0.5, 0.6) is 5.75 Å². The van der Waals surface area contributed by atoms with Gasteiger partial charge in [0.25, 0.3) is 5.69 Å². The number of ether oxygens (including phenoxy) is 1. The molecule has 0 saturated heterocycles. The summed E-state index contributed by atoms with van der Waals surface area (Å²) in [6.45, 7) is 0.401.